The van der Waals surface area contributed by atoms with Crippen molar-refractivity contribution in [3.63, 3.8) is 0 Å². The molecule has 0 bridgehead atoms. The van der Waals surface area contributed by atoms with Gasteiger partial charge in [0.15, 0.2) is 6.29 Å². The third-order valence-electron chi connectivity index (χ3n) is 4.56. The molecule has 126 valence electrons. The minimum atomic E-state index is -1.48. The van der Waals surface area contributed by atoms with Crippen molar-refractivity contribution in [2.75, 3.05) is 6.61 Å². The molecule has 2 aliphatic rings. The van der Waals surface area contributed by atoms with Crippen molar-refractivity contribution < 1.29 is 30.0 Å². The van der Waals surface area contributed by atoms with Gasteiger partial charge < -0.3 is 30.5 Å². The first-order valence-electron chi connectivity index (χ1n) is 7.68. The number of aliphatic hydroxyl groups excluding tert-OH is 4. The first-order valence-corrected chi connectivity index (χ1v) is 7.68. The summed E-state index contributed by atoms with van der Waals surface area (Å²) in [5.41, 5.74) is 1.08. The maximum atomic E-state index is 12.3. The van der Waals surface area contributed by atoms with Crippen LogP contribution in [0.3, 0.4) is 0 Å². The molecule has 1 amide bonds. The Bertz CT molecular complexity index is 553. The van der Waals surface area contributed by atoms with Gasteiger partial charge >= 0.3 is 0 Å². The average Bonchev–Trinajstić information content (AvgIpc) is 3.36. The fraction of sp³-hybridized carbons (Fsp3) is 0.562. The molecule has 7 nitrogen and oxygen atoms in total. The minimum absolute atomic E-state index is 0.130. The molecule has 1 heterocycles. The Morgan fingerprint density at radius 1 is 1.17 bits per heavy atom. The molecule has 0 spiro atoms. The third kappa shape index (κ3) is 3.24. The molecule has 1 aromatic carbocycles. The predicted octanol–water partition coefficient (Wildman–Crippen LogP) is -1.29. The molecule has 7 atom stereocenters. The lowest BCUT2D eigenvalue weighted by molar-refractivity contribution is -0.253. The summed E-state index contributed by atoms with van der Waals surface area (Å²) in [5, 5.41) is 41.3. The van der Waals surface area contributed by atoms with E-state index in [0.717, 1.165) is 5.56 Å². The van der Waals surface area contributed by atoms with E-state index in [-0.39, 0.29) is 17.7 Å². The van der Waals surface area contributed by atoms with Gasteiger partial charge in [0.25, 0.3) is 0 Å². The number of hydrogen-bond acceptors (Lipinski definition) is 6. The van der Waals surface area contributed by atoms with Crippen LogP contribution in [0.5, 0.6) is 0 Å². The number of ether oxygens (including phenoxy) is 1. The molecule has 0 aromatic heterocycles. The predicted molar refractivity (Wildman–Crippen MR) is 79.2 cm³/mol. The van der Waals surface area contributed by atoms with E-state index in [9.17, 15) is 20.1 Å². The smallest absolute Gasteiger partial charge is 0.224 e. The Hall–Kier alpha value is -1.51. The minimum Gasteiger partial charge on any atom is -0.394 e. The van der Waals surface area contributed by atoms with E-state index in [4.69, 9.17) is 9.84 Å². The summed E-state index contributed by atoms with van der Waals surface area (Å²) in [4.78, 5) is 12.3. The lowest BCUT2D eigenvalue weighted by Gasteiger charge is -2.40. The fourth-order valence-corrected chi connectivity index (χ4v) is 3.08. The Morgan fingerprint density at radius 3 is 2.52 bits per heavy atom. The Labute approximate surface area is 133 Å². The van der Waals surface area contributed by atoms with Crippen LogP contribution < -0.4 is 5.32 Å². The topological polar surface area (TPSA) is 119 Å². The second-order valence-electron chi connectivity index (χ2n) is 6.12. The highest BCUT2D eigenvalue weighted by Crippen LogP contribution is 2.47. The van der Waals surface area contributed by atoms with Crippen molar-refractivity contribution in [3.05, 3.63) is 35.9 Å². The van der Waals surface area contributed by atoms with E-state index in [1.54, 1.807) is 0 Å². The van der Waals surface area contributed by atoms with Gasteiger partial charge in [-0.15, -0.1) is 0 Å². The highest BCUT2D eigenvalue weighted by molar-refractivity contribution is 5.83. The monoisotopic (exact) mass is 323 g/mol. The number of nitrogens with one attached hydrogen (secondary N) is 1. The maximum Gasteiger partial charge on any atom is 0.224 e. The first-order chi connectivity index (χ1) is 11.0. The van der Waals surface area contributed by atoms with E-state index in [1.165, 1.54) is 0 Å². The number of aliphatic hydroxyl groups is 4. The van der Waals surface area contributed by atoms with Gasteiger partial charge in [0, 0.05) is 5.92 Å². The van der Waals surface area contributed by atoms with Crippen LogP contribution >= 0.6 is 0 Å². The van der Waals surface area contributed by atoms with Gasteiger partial charge in [0.1, 0.15) is 24.4 Å². The Kier molecular flexibility index (Phi) is 4.65. The lowest BCUT2D eigenvalue weighted by Crippen LogP contribution is -2.64. The van der Waals surface area contributed by atoms with Gasteiger partial charge in [0.05, 0.1) is 6.61 Å². The zero-order chi connectivity index (χ0) is 16.6. The van der Waals surface area contributed by atoms with E-state index in [0.29, 0.717) is 6.42 Å². The second-order valence-corrected chi connectivity index (χ2v) is 6.12. The largest absolute Gasteiger partial charge is 0.394 e. The second kappa shape index (κ2) is 6.54. The number of benzene rings is 1. The van der Waals surface area contributed by atoms with Crippen LogP contribution in [0.2, 0.25) is 0 Å². The van der Waals surface area contributed by atoms with E-state index in [1.807, 2.05) is 30.3 Å². The van der Waals surface area contributed by atoms with Gasteiger partial charge in [-0.1, -0.05) is 30.3 Å². The van der Waals surface area contributed by atoms with Crippen molar-refractivity contribution >= 4 is 5.91 Å². The molecule has 0 radical (unpaired) electrons. The van der Waals surface area contributed by atoms with Crippen molar-refractivity contribution in [1.29, 1.82) is 0 Å². The van der Waals surface area contributed by atoms with Crippen LogP contribution in [-0.2, 0) is 9.53 Å². The molecule has 3 rings (SSSR count). The molecular formula is C16H21NO6. The molecule has 1 saturated heterocycles. The summed E-state index contributed by atoms with van der Waals surface area (Å²) in [6, 6.07) is 8.53. The summed E-state index contributed by atoms with van der Waals surface area (Å²) in [5.74, 6) is -0.380. The standard InChI is InChI=1S/C16H21NO6/c18-7-11-13(19)14(20)12(16(22)23-11)17-15(21)10-6-9(10)8-4-2-1-3-5-8/h1-5,9-14,16,18-20,22H,6-7H2,(H,17,21)/t9?,10-,11-,12-,13-,14-,16?/m1/s1. The fourth-order valence-electron chi connectivity index (χ4n) is 3.08. The van der Waals surface area contributed by atoms with Gasteiger partial charge in [-0.25, -0.2) is 0 Å². The van der Waals surface area contributed by atoms with Gasteiger partial charge in [-0.2, -0.15) is 0 Å². The molecule has 1 aliphatic heterocycles. The number of hydrogen-bond donors (Lipinski definition) is 5. The highest BCUT2D eigenvalue weighted by atomic mass is 16.6. The SMILES string of the molecule is O=C(N[C@H]1C(O)O[C@H](CO)[C@@H](O)[C@@H]1O)[C@@H]1CC1c1ccccc1. The summed E-state index contributed by atoms with van der Waals surface area (Å²) in [6.45, 7) is -0.533. The zero-order valence-corrected chi connectivity index (χ0v) is 12.4. The Morgan fingerprint density at radius 2 is 1.87 bits per heavy atom. The first kappa shape index (κ1) is 16.4. The molecule has 1 aromatic rings. The molecule has 1 aliphatic carbocycles. The summed E-state index contributed by atoms with van der Waals surface area (Å²) >= 11 is 0. The normalized spacial score (nSPS) is 39.7. The van der Waals surface area contributed by atoms with Crippen LogP contribution in [0.25, 0.3) is 0 Å². The maximum absolute atomic E-state index is 12.3. The molecule has 2 unspecified atom stereocenters. The Balaban J connectivity index is 1.60. The van der Waals surface area contributed by atoms with Crippen LogP contribution in [-0.4, -0.2) is 63.6 Å². The van der Waals surface area contributed by atoms with Gasteiger partial charge in [0.2, 0.25) is 5.91 Å². The zero-order valence-electron chi connectivity index (χ0n) is 12.4. The lowest BCUT2D eigenvalue weighted by atomic mass is 9.97. The van der Waals surface area contributed by atoms with Crippen molar-refractivity contribution in [2.24, 2.45) is 5.92 Å². The molecule has 23 heavy (non-hydrogen) atoms. The van der Waals surface area contributed by atoms with E-state index >= 15 is 0 Å². The number of carbonyl (C=O) groups excluding carboxylic acids is 1. The van der Waals surface area contributed by atoms with Crippen LogP contribution in [0.4, 0.5) is 0 Å². The van der Waals surface area contributed by atoms with Crippen LogP contribution in [0.1, 0.15) is 17.9 Å². The highest BCUT2D eigenvalue weighted by Gasteiger charge is 2.48. The van der Waals surface area contributed by atoms with E-state index in [2.05, 4.69) is 5.32 Å². The average molecular weight is 323 g/mol. The quantitative estimate of drug-likeness (QED) is 0.470. The summed E-state index contributed by atoms with van der Waals surface area (Å²) in [7, 11) is 0. The molecular weight excluding hydrogens is 302 g/mol. The van der Waals surface area contributed by atoms with E-state index < -0.39 is 37.3 Å². The van der Waals surface area contributed by atoms with Crippen molar-refractivity contribution in [3.8, 4) is 0 Å². The summed E-state index contributed by atoms with van der Waals surface area (Å²) < 4.78 is 5.02. The molecule has 1 saturated carbocycles. The molecule has 5 N–H and O–H groups in total. The van der Waals surface area contributed by atoms with Crippen LogP contribution in [0, 0.1) is 5.92 Å². The van der Waals surface area contributed by atoms with Crippen molar-refractivity contribution in [2.45, 2.75) is 43.0 Å². The number of rotatable bonds is 4. The third-order valence-corrected chi connectivity index (χ3v) is 4.56. The van der Waals surface area contributed by atoms with Gasteiger partial charge in [-0.3, -0.25) is 4.79 Å². The number of amides is 1. The number of carbonyl (C=O) groups is 1. The van der Waals surface area contributed by atoms with Crippen molar-refractivity contribution in [1.82, 2.24) is 5.32 Å². The van der Waals surface area contributed by atoms with Gasteiger partial charge in [-0.05, 0) is 17.9 Å². The molecule has 7 heteroatoms. The summed E-state index contributed by atoms with van der Waals surface area (Å²) in [6.07, 6.45) is -4.64. The molecule has 2 fully saturated rings. The van der Waals surface area contributed by atoms with Crippen LogP contribution in [0.15, 0.2) is 30.3 Å².